The number of hydrogen-bond acceptors (Lipinski definition) is 0. The molecule has 4 fully saturated rings. The van der Waals surface area contributed by atoms with Gasteiger partial charge in [0.1, 0.15) is 0 Å². The first kappa shape index (κ1) is 6.23. The third kappa shape index (κ3) is 0.616. The van der Waals surface area contributed by atoms with E-state index < -0.39 is 0 Å². The Hall–Kier alpha value is -0.260. The molecule has 4 aliphatic carbocycles. The maximum atomic E-state index is 2.43. The molecule has 0 aromatic carbocycles. The van der Waals surface area contributed by atoms with Gasteiger partial charge in [-0.25, -0.2) is 0 Å². The summed E-state index contributed by atoms with van der Waals surface area (Å²) in [5, 5.41) is 0. The van der Waals surface area contributed by atoms with Crippen molar-refractivity contribution in [1.82, 2.24) is 0 Å². The Labute approximate surface area is 74.0 Å². The van der Waals surface area contributed by atoms with Gasteiger partial charge in [-0.3, -0.25) is 0 Å². The van der Waals surface area contributed by atoms with Crippen molar-refractivity contribution in [3.05, 3.63) is 11.1 Å². The van der Waals surface area contributed by atoms with Gasteiger partial charge in [-0.2, -0.15) is 0 Å². The fourth-order valence-electron chi connectivity index (χ4n) is 3.70. The molecule has 0 N–H and O–H groups in total. The van der Waals surface area contributed by atoms with Crippen molar-refractivity contribution in [1.29, 1.82) is 0 Å². The molecule has 4 rings (SSSR count). The van der Waals surface area contributed by atoms with E-state index in [2.05, 4.69) is 6.92 Å². The van der Waals surface area contributed by atoms with E-state index in [-0.39, 0.29) is 0 Å². The van der Waals surface area contributed by atoms with E-state index in [0.29, 0.717) is 0 Å². The highest BCUT2D eigenvalue weighted by Crippen LogP contribution is 2.73. The van der Waals surface area contributed by atoms with Crippen LogP contribution in [0.1, 0.15) is 32.6 Å². The molecule has 0 bridgehead atoms. The molecule has 0 heterocycles. The number of fused-ring (bicyclic) bond motifs is 3. The lowest BCUT2D eigenvalue weighted by molar-refractivity contribution is 0.709. The van der Waals surface area contributed by atoms with E-state index in [1.165, 1.54) is 24.7 Å². The van der Waals surface area contributed by atoms with E-state index >= 15 is 0 Å². The molecule has 0 saturated heterocycles. The Kier molecular flexibility index (Phi) is 0.865. The molecular formula is C12H16. The van der Waals surface area contributed by atoms with Crippen LogP contribution in [-0.2, 0) is 0 Å². The fraction of sp³-hybridized carbons (Fsp3) is 0.833. The minimum absolute atomic E-state index is 1.04. The maximum absolute atomic E-state index is 2.43. The quantitative estimate of drug-likeness (QED) is 0.517. The molecule has 12 heavy (non-hydrogen) atoms. The Morgan fingerprint density at radius 1 is 1.08 bits per heavy atom. The van der Waals surface area contributed by atoms with Crippen molar-refractivity contribution in [3.8, 4) is 0 Å². The van der Waals surface area contributed by atoms with E-state index in [1.54, 1.807) is 12.8 Å². The summed E-state index contributed by atoms with van der Waals surface area (Å²) in [6.07, 6.45) is 6.15. The van der Waals surface area contributed by atoms with Gasteiger partial charge in [0.05, 0.1) is 0 Å². The molecule has 0 radical (unpaired) electrons. The molecule has 0 aromatic heterocycles. The molecule has 0 amide bonds. The van der Waals surface area contributed by atoms with E-state index in [0.717, 1.165) is 17.8 Å². The van der Waals surface area contributed by atoms with E-state index in [9.17, 15) is 0 Å². The highest BCUT2D eigenvalue weighted by Gasteiger charge is 2.65. The number of allylic oxidation sites excluding steroid dienone is 2. The predicted molar refractivity (Wildman–Crippen MR) is 48.6 cm³/mol. The van der Waals surface area contributed by atoms with Crippen LogP contribution < -0.4 is 0 Å². The molecule has 0 spiro atoms. The second kappa shape index (κ2) is 1.66. The summed E-state index contributed by atoms with van der Waals surface area (Å²) in [5.74, 6) is 5.61. The zero-order valence-corrected chi connectivity index (χ0v) is 7.72. The van der Waals surface area contributed by atoms with Crippen LogP contribution in [0, 0.1) is 29.6 Å². The summed E-state index contributed by atoms with van der Waals surface area (Å²) in [7, 11) is 0. The van der Waals surface area contributed by atoms with Crippen LogP contribution in [0.5, 0.6) is 0 Å². The fourth-order valence-corrected chi connectivity index (χ4v) is 3.70. The zero-order chi connectivity index (χ0) is 7.87. The summed E-state index contributed by atoms with van der Waals surface area (Å²) in [4.78, 5) is 0. The van der Waals surface area contributed by atoms with Crippen LogP contribution in [0.2, 0.25) is 0 Å². The van der Waals surface area contributed by atoms with Gasteiger partial charge in [0, 0.05) is 0 Å². The zero-order valence-electron chi connectivity index (χ0n) is 7.72. The van der Waals surface area contributed by atoms with Gasteiger partial charge in [0.15, 0.2) is 0 Å². The lowest BCUT2D eigenvalue weighted by Gasteiger charge is -2.07. The molecule has 4 aliphatic rings. The Morgan fingerprint density at radius 3 is 2.17 bits per heavy atom. The Morgan fingerprint density at radius 2 is 1.67 bits per heavy atom. The van der Waals surface area contributed by atoms with Crippen LogP contribution in [0.3, 0.4) is 0 Å². The summed E-state index contributed by atoms with van der Waals surface area (Å²) >= 11 is 0. The smallest absolute Gasteiger partial charge is 0.0163 e. The second-order valence-corrected chi connectivity index (χ2v) is 5.42. The van der Waals surface area contributed by atoms with Gasteiger partial charge in [0.25, 0.3) is 0 Å². The van der Waals surface area contributed by atoms with Gasteiger partial charge in [-0.1, -0.05) is 11.1 Å². The minimum Gasteiger partial charge on any atom is -0.0704 e. The molecule has 0 nitrogen and oxygen atoms in total. The lowest BCUT2D eigenvalue weighted by atomic mass is 9.99. The van der Waals surface area contributed by atoms with Gasteiger partial charge in [-0.15, -0.1) is 0 Å². The van der Waals surface area contributed by atoms with Crippen molar-refractivity contribution in [3.63, 3.8) is 0 Å². The Bertz CT molecular complexity index is 264. The van der Waals surface area contributed by atoms with Crippen LogP contribution in [-0.4, -0.2) is 0 Å². The van der Waals surface area contributed by atoms with Gasteiger partial charge in [-0.05, 0) is 62.2 Å². The Balaban J connectivity index is 1.77. The van der Waals surface area contributed by atoms with Crippen LogP contribution in [0.25, 0.3) is 0 Å². The number of hydrogen-bond donors (Lipinski definition) is 0. The molecule has 4 saturated carbocycles. The molecular weight excluding hydrogens is 144 g/mol. The summed E-state index contributed by atoms with van der Waals surface area (Å²) in [6.45, 7) is 2.43. The SMILES string of the molecule is CC(=C1C2CC2C2CC12)C1CC1. The third-order valence-electron chi connectivity index (χ3n) is 4.67. The first-order valence-corrected chi connectivity index (χ1v) is 5.57. The monoisotopic (exact) mass is 160 g/mol. The van der Waals surface area contributed by atoms with Crippen LogP contribution in [0.15, 0.2) is 11.1 Å². The van der Waals surface area contributed by atoms with Crippen molar-refractivity contribution in [2.75, 3.05) is 0 Å². The lowest BCUT2D eigenvalue weighted by Crippen LogP contribution is -1.93. The van der Waals surface area contributed by atoms with Crippen molar-refractivity contribution < 1.29 is 0 Å². The van der Waals surface area contributed by atoms with E-state index in [1.807, 2.05) is 11.1 Å². The minimum atomic E-state index is 1.04. The van der Waals surface area contributed by atoms with Crippen molar-refractivity contribution in [2.24, 2.45) is 29.6 Å². The molecule has 0 aliphatic heterocycles. The third-order valence-corrected chi connectivity index (χ3v) is 4.67. The largest absolute Gasteiger partial charge is 0.0704 e. The molecule has 4 atom stereocenters. The first-order valence-electron chi connectivity index (χ1n) is 5.57. The van der Waals surface area contributed by atoms with Gasteiger partial charge in [0.2, 0.25) is 0 Å². The normalized spacial score (nSPS) is 53.2. The number of rotatable bonds is 1. The first-order chi connectivity index (χ1) is 5.86. The average molecular weight is 160 g/mol. The van der Waals surface area contributed by atoms with Gasteiger partial charge >= 0.3 is 0 Å². The standard InChI is InChI=1S/C12H16/c1-6(7-2-3-7)12-10-4-8(10)9-5-11(9)12/h7-11H,2-5H2,1H3. The topological polar surface area (TPSA) is 0 Å². The molecule has 64 valence electrons. The van der Waals surface area contributed by atoms with Crippen molar-refractivity contribution in [2.45, 2.75) is 32.6 Å². The van der Waals surface area contributed by atoms with Crippen LogP contribution in [0.4, 0.5) is 0 Å². The average Bonchev–Trinajstić information content (AvgIpc) is 2.93. The molecule has 0 aromatic rings. The molecule has 4 unspecified atom stereocenters. The van der Waals surface area contributed by atoms with Gasteiger partial charge < -0.3 is 0 Å². The summed E-state index contributed by atoms with van der Waals surface area (Å²) < 4.78 is 0. The highest BCUT2D eigenvalue weighted by atomic mass is 14.7. The van der Waals surface area contributed by atoms with E-state index in [4.69, 9.17) is 0 Å². The maximum Gasteiger partial charge on any atom is -0.0163 e. The van der Waals surface area contributed by atoms with Crippen molar-refractivity contribution >= 4 is 0 Å². The summed E-state index contributed by atoms with van der Waals surface area (Å²) in [5.41, 5.74) is 3.81. The predicted octanol–water partition coefficient (Wildman–Crippen LogP) is 3.00. The second-order valence-electron chi connectivity index (χ2n) is 5.42. The van der Waals surface area contributed by atoms with Crippen LogP contribution >= 0.6 is 0 Å². The summed E-state index contributed by atoms with van der Waals surface area (Å²) in [6, 6.07) is 0. The highest BCUT2D eigenvalue weighted by molar-refractivity contribution is 5.39. The molecule has 0 heteroatoms.